The van der Waals surface area contributed by atoms with E-state index < -0.39 is 90.5 Å². The molecule has 0 amide bonds. The number of phenolic OH excluding ortho intramolecular Hbond substituents is 3. The molecule has 2 aliphatic rings. The van der Waals surface area contributed by atoms with Crippen molar-refractivity contribution in [3.63, 3.8) is 0 Å². The summed E-state index contributed by atoms with van der Waals surface area (Å²) in [7, 11) is 0. The predicted octanol–water partition coefficient (Wildman–Crippen LogP) is -2.39. The number of ether oxygens (including phenoxy) is 3. The monoisotopic (exact) mass is 580 g/mol. The van der Waals surface area contributed by atoms with Gasteiger partial charge in [-0.2, -0.15) is 0 Å². The van der Waals surface area contributed by atoms with Crippen LogP contribution in [-0.4, -0.2) is 119 Å². The van der Waals surface area contributed by atoms with E-state index in [4.69, 9.17) is 18.6 Å². The van der Waals surface area contributed by atoms with E-state index >= 15 is 0 Å². The zero-order chi connectivity index (χ0) is 29.7. The van der Waals surface area contributed by atoms with Gasteiger partial charge < -0.3 is 69.7 Å². The van der Waals surface area contributed by atoms with Crippen LogP contribution in [0.5, 0.6) is 23.0 Å². The van der Waals surface area contributed by atoms with Crippen molar-refractivity contribution in [2.45, 2.75) is 61.2 Å². The maximum atomic E-state index is 12.7. The Morgan fingerprint density at radius 1 is 0.707 bits per heavy atom. The van der Waals surface area contributed by atoms with Gasteiger partial charge in [-0.15, -0.1) is 0 Å². The average molecular weight is 580 g/mol. The van der Waals surface area contributed by atoms with Crippen molar-refractivity contribution in [2.75, 3.05) is 6.61 Å². The van der Waals surface area contributed by atoms with Crippen LogP contribution in [0.1, 0.15) is 0 Å². The second-order valence-corrected chi connectivity index (χ2v) is 9.85. The summed E-state index contributed by atoms with van der Waals surface area (Å²) in [5.74, 6) is -1.72. The summed E-state index contributed by atoms with van der Waals surface area (Å²) in [5, 5.41) is 101. The molecule has 10 N–H and O–H groups in total. The molecule has 3 heterocycles. The molecule has 15 nitrogen and oxygen atoms in total. The van der Waals surface area contributed by atoms with Gasteiger partial charge in [-0.3, -0.25) is 4.79 Å². The van der Waals surface area contributed by atoms with Crippen LogP contribution < -0.4 is 10.2 Å². The standard InChI is InChI=1S/C26H28O15/c27-7-16-18(32)19(33)21(35)24(40-16)25-22(36)20(34)23(37)26(41-25)38-9-4-12(30)17-13(31)6-14(39-15(17)5-9)8-1-2-10(28)11(29)3-8/h1-6,16,18-30,32-37H,7H2/t16-,18+,19+,20+,21-,22+,23-,24-,25+,26-/m1/s1. The van der Waals surface area contributed by atoms with Crippen molar-refractivity contribution in [1.82, 2.24) is 0 Å². The minimum absolute atomic E-state index is 0.0375. The Labute approximate surface area is 229 Å². The van der Waals surface area contributed by atoms with Gasteiger partial charge in [0.25, 0.3) is 0 Å². The summed E-state index contributed by atoms with van der Waals surface area (Å²) in [6.45, 7) is -0.761. The van der Waals surface area contributed by atoms with Crippen molar-refractivity contribution < 1.29 is 69.7 Å². The van der Waals surface area contributed by atoms with Crippen LogP contribution in [0, 0.1) is 0 Å². The molecule has 0 radical (unpaired) electrons. The van der Waals surface area contributed by atoms with E-state index in [0.29, 0.717) is 0 Å². The number of aromatic hydroxyl groups is 3. The number of aliphatic hydroxyl groups excluding tert-OH is 7. The van der Waals surface area contributed by atoms with E-state index in [1.165, 1.54) is 12.1 Å². The third kappa shape index (κ3) is 5.19. The normalized spacial score (nSPS) is 34.0. The first-order valence-electron chi connectivity index (χ1n) is 12.4. The Kier molecular flexibility index (Phi) is 7.82. The van der Waals surface area contributed by atoms with Gasteiger partial charge in [0.1, 0.15) is 83.2 Å². The zero-order valence-electron chi connectivity index (χ0n) is 21.0. The molecule has 10 atom stereocenters. The summed E-state index contributed by atoms with van der Waals surface area (Å²) >= 11 is 0. The summed E-state index contributed by atoms with van der Waals surface area (Å²) in [4.78, 5) is 12.7. The Hall–Kier alpha value is -3.51. The lowest BCUT2D eigenvalue weighted by molar-refractivity contribution is -0.323. The van der Waals surface area contributed by atoms with Crippen molar-refractivity contribution in [2.24, 2.45) is 0 Å². The Morgan fingerprint density at radius 2 is 1.37 bits per heavy atom. The van der Waals surface area contributed by atoms with Crippen LogP contribution in [0.25, 0.3) is 22.3 Å². The zero-order valence-corrected chi connectivity index (χ0v) is 21.0. The topological polar surface area (TPSA) is 260 Å². The van der Waals surface area contributed by atoms with E-state index in [-0.39, 0.29) is 28.0 Å². The Bertz CT molecular complexity index is 1470. The number of hydrogen-bond acceptors (Lipinski definition) is 15. The Balaban J connectivity index is 1.46. The lowest BCUT2D eigenvalue weighted by atomic mass is 9.87. The molecule has 222 valence electrons. The third-order valence-electron chi connectivity index (χ3n) is 7.16. The van der Waals surface area contributed by atoms with Crippen LogP contribution in [0.4, 0.5) is 0 Å². The molecule has 3 aromatic rings. The first kappa shape index (κ1) is 29.0. The molecule has 15 heteroatoms. The highest BCUT2D eigenvalue weighted by Gasteiger charge is 2.54. The molecule has 2 saturated heterocycles. The van der Waals surface area contributed by atoms with Gasteiger partial charge in [0, 0.05) is 23.8 Å². The van der Waals surface area contributed by atoms with Crippen LogP contribution >= 0.6 is 0 Å². The molecule has 2 aliphatic heterocycles. The number of aliphatic hydroxyl groups is 7. The van der Waals surface area contributed by atoms with Crippen LogP contribution in [0.2, 0.25) is 0 Å². The molecule has 0 unspecified atom stereocenters. The van der Waals surface area contributed by atoms with Crippen molar-refractivity contribution >= 4 is 11.0 Å². The molecule has 0 spiro atoms. The summed E-state index contributed by atoms with van der Waals surface area (Å²) < 4.78 is 22.4. The number of benzene rings is 2. The molecule has 1 aromatic heterocycles. The number of hydrogen-bond donors (Lipinski definition) is 10. The number of rotatable bonds is 5. The minimum Gasteiger partial charge on any atom is -0.507 e. The lowest BCUT2D eigenvalue weighted by Gasteiger charge is -2.48. The first-order chi connectivity index (χ1) is 19.4. The van der Waals surface area contributed by atoms with Crippen LogP contribution in [0.15, 0.2) is 45.6 Å². The fraction of sp³-hybridized carbons (Fsp3) is 0.423. The third-order valence-corrected chi connectivity index (χ3v) is 7.16. The highest BCUT2D eigenvalue weighted by Crippen LogP contribution is 2.36. The van der Waals surface area contributed by atoms with Gasteiger partial charge in [0.2, 0.25) is 6.29 Å². The van der Waals surface area contributed by atoms with Gasteiger partial charge in [-0.05, 0) is 18.2 Å². The summed E-state index contributed by atoms with van der Waals surface area (Å²) in [6, 6.07) is 6.93. The molecular formula is C26H28O15. The smallest absolute Gasteiger partial charge is 0.229 e. The average Bonchev–Trinajstić information content (AvgIpc) is 2.93. The quantitative estimate of drug-likeness (QED) is 0.141. The fourth-order valence-corrected chi connectivity index (χ4v) is 4.91. The second-order valence-electron chi connectivity index (χ2n) is 9.85. The molecule has 2 fully saturated rings. The van der Waals surface area contributed by atoms with E-state index in [0.717, 1.165) is 24.3 Å². The molecule has 0 aliphatic carbocycles. The minimum atomic E-state index is -1.92. The first-order valence-corrected chi connectivity index (χ1v) is 12.4. The van der Waals surface area contributed by atoms with Gasteiger partial charge in [-0.25, -0.2) is 0 Å². The summed E-state index contributed by atoms with van der Waals surface area (Å²) in [6.07, 6.45) is -17.4. The molecule has 0 saturated carbocycles. The van der Waals surface area contributed by atoms with Gasteiger partial charge in [-0.1, -0.05) is 0 Å². The van der Waals surface area contributed by atoms with Crippen LogP contribution in [-0.2, 0) is 9.47 Å². The van der Waals surface area contributed by atoms with Crippen molar-refractivity contribution in [3.8, 4) is 34.3 Å². The van der Waals surface area contributed by atoms with Gasteiger partial charge in [0.15, 0.2) is 16.9 Å². The van der Waals surface area contributed by atoms with Crippen LogP contribution in [0.3, 0.4) is 0 Å². The molecular weight excluding hydrogens is 552 g/mol. The van der Waals surface area contributed by atoms with E-state index in [1.807, 2.05) is 0 Å². The lowest BCUT2D eigenvalue weighted by Crippen LogP contribution is -2.68. The second kappa shape index (κ2) is 11.1. The van der Waals surface area contributed by atoms with Gasteiger partial charge in [0.05, 0.1) is 6.61 Å². The van der Waals surface area contributed by atoms with Crippen molar-refractivity contribution in [3.05, 3.63) is 46.6 Å². The Morgan fingerprint density at radius 3 is 2.02 bits per heavy atom. The molecule has 41 heavy (non-hydrogen) atoms. The maximum Gasteiger partial charge on any atom is 0.229 e. The van der Waals surface area contributed by atoms with E-state index in [9.17, 15) is 55.9 Å². The highest BCUT2D eigenvalue weighted by atomic mass is 16.7. The number of fused-ring (bicyclic) bond motifs is 1. The van der Waals surface area contributed by atoms with Gasteiger partial charge >= 0.3 is 0 Å². The maximum absolute atomic E-state index is 12.7. The number of phenols is 3. The largest absolute Gasteiger partial charge is 0.507 e. The molecule has 0 bridgehead atoms. The SMILES string of the molecule is O=c1cc(-c2ccc(O)c(O)c2)oc2cc(O[C@@H]3O[C@H]([C@@H]4O[C@H](CO)[C@H](O)[C@H](O)[C@H]4O)[C@@H](O)[C@H](O)[C@H]3O)cc(O)c12. The van der Waals surface area contributed by atoms with E-state index in [2.05, 4.69) is 0 Å². The molecule has 5 rings (SSSR count). The van der Waals surface area contributed by atoms with E-state index in [1.54, 1.807) is 0 Å². The fourth-order valence-electron chi connectivity index (χ4n) is 4.91. The van der Waals surface area contributed by atoms with Crippen molar-refractivity contribution in [1.29, 1.82) is 0 Å². The summed E-state index contributed by atoms with van der Waals surface area (Å²) in [5.41, 5.74) is -0.630. The predicted molar refractivity (Wildman–Crippen MR) is 134 cm³/mol. The highest BCUT2D eigenvalue weighted by molar-refractivity contribution is 5.86. The molecule has 2 aromatic carbocycles.